The molecule has 6 heteroatoms. The summed E-state index contributed by atoms with van der Waals surface area (Å²) in [5.41, 5.74) is 0. The first-order valence-corrected chi connectivity index (χ1v) is 6.44. The van der Waals surface area contributed by atoms with Gasteiger partial charge in [-0.25, -0.2) is 0 Å². The van der Waals surface area contributed by atoms with E-state index in [2.05, 4.69) is 0 Å². The minimum atomic E-state index is -0.729. The molecule has 0 spiro atoms. The fourth-order valence-corrected chi connectivity index (χ4v) is 1.53. The van der Waals surface area contributed by atoms with Crippen molar-refractivity contribution < 1.29 is 28.4 Å². The molecule has 0 aliphatic carbocycles. The Morgan fingerprint density at radius 3 is 1.78 bits per heavy atom. The molecule has 0 aromatic rings. The molecule has 3 aliphatic rings. The van der Waals surface area contributed by atoms with Crippen LogP contribution in [0.1, 0.15) is 6.92 Å². The molecule has 0 radical (unpaired) electrons. The molecule has 0 saturated carbocycles. The minimum Gasteiger partial charge on any atom is -0.373 e. The summed E-state index contributed by atoms with van der Waals surface area (Å²) in [6.45, 7) is 6.33. The summed E-state index contributed by atoms with van der Waals surface area (Å²) in [7, 11) is 0. The van der Waals surface area contributed by atoms with Crippen molar-refractivity contribution in [3.05, 3.63) is 0 Å². The van der Waals surface area contributed by atoms with Crippen molar-refractivity contribution in [1.29, 1.82) is 0 Å². The predicted molar refractivity (Wildman–Crippen MR) is 60.3 cm³/mol. The van der Waals surface area contributed by atoms with Crippen molar-refractivity contribution in [2.24, 2.45) is 0 Å². The standard InChI is InChI=1S/C12H20O6/c1-12(17-6-10-4-15-10,18-7-11-5-16-11)8-13-2-9-3-14-9/h9-11H,2-8H2,1H3. The lowest BCUT2D eigenvalue weighted by Gasteiger charge is -2.29. The maximum Gasteiger partial charge on any atom is 0.189 e. The first-order chi connectivity index (χ1) is 8.73. The zero-order valence-corrected chi connectivity index (χ0v) is 10.6. The molecule has 3 atom stereocenters. The number of hydrogen-bond donors (Lipinski definition) is 0. The first kappa shape index (κ1) is 12.8. The van der Waals surface area contributed by atoms with Gasteiger partial charge in [-0.2, -0.15) is 0 Å². The lowest BCUT2D eigenvalue weighted by molar-refractivity contribution is -0.253. The third kappa shape index (κ3) is 4.46. The maximum atomic E-state index is 5.77. The number of hydrogen-bond acceptors (Lipinski definition) is 6. The molecule has 104 valence electrons. The average Bonchev–Trinajstić information content (AvgIpc) is 3.21. The molecule has 3 aliphatic heterocycles. The van der Waals surface area contributed by atoms with Crippen LogP contribution in [-0.2, 0) is 28.4 Å². The molecule has 3 unspecified atom stereocenters. The second kappa shape index (κ2) is 5.40. The van der Waals surface area contributed by atoms with Gasteiger partial charge in [0.05, 0.1) is 39.6 Å². The van der Waals surface area contributed by atoms with Gasteiger partial charge in [0, 0.05) is 0 Å². The summed E-state index contributed by atoms with van der Waals surface area (Å²) in [6, 6.07) is 0. The minimum absolute atomic E-state index is 0.219. The molecule has 0 bridgehead atoms. The van der Waals surface area contributed by atoms with E-state index in [1.54, 1.807) is 0 Å². The zero-order valence-electron chi connectivity index (χ0n) is 10.6. The molecule has 0 N–H and O–H groups in total. The van der Waals surface area contributed by atoms with Crippen molar-refractivity contribution in [3.63, 3.8) is 0 Å². The summed E-state index contributed by atoms with van der Waals surface area (Å²) >= 11 is 0. The molecule has 3 heterocycles. The van der Waals surface area contributed by atoms with Crippen LogP contribution in [0.3, 0.4) is 0 Å². The normalized spacial score (nSPS) is 36.2. The SMILES string of the molecule is CC(COCC1CO1)(OCC1CO1)OCC1CO1. The average molecular weight is 260 g/mol. The van der Waals surface area contributed by atoms with E-state index in [-0.39, 0.29) is 18.3 Å². The van der Waals surface area contributed by atoms with E-state index in [9.17, 15) is 0 Å². The first-order valence-electron chi connectivity index (χ1n) is 6.44. The van der Waals surface area contributed by atoms with E-state index in [1.807, 2.05) is 6.92 Å². The molecule has 3 saturated heterocycles. The number of rotatable bonds is 10. The molecule has 0 aromatic carbocycles. The van der Waals surface area contributed by atoms with Gasteiger partial charge in [-0.15, -0.1) is 0 Å². The van der Waals surface area contributed by atoms with Gasteiger partial charge in [-0.3, -0.25) is 0 Å². The van der Waals surface area contributed by atoms with Gasteiger partial charge in [-0.1, -0.05) is 0 Å². The van der Waals surface area contributed by atoms with Gasteiger partial charge in [0.1, 0.15) is 24.9 Å². The fraction of sp³-hybridized carbons (Fsp3) is 1.00. The quantitative estimate of drug-likeness (QED) is 0.405. The lowest BCUT2D eigenvalue weighted by Crippen LogP contribution is -2.40. The van der Waals surface area contributed by atoms with Crippen LogP contribution in [0.5, 0.6) is 0 Å². The zero-order chi connectivity index (χ0) is 12.4. The van der Waals surface area contributed by atoms with Crippen LogP contribution in [0.2, 0.25) is 0 Å². The van der Waals surface area contributed by atoms with E-state index >= 15 is 0 Å². The Labute approximate surface area is 106 Å². The Hall–Kier alpha value is -0.240. The van der Waals surface area contributed by atoms with Crippen LogP contribution in [0, 0.1) is 0 Å². The van der Waals surface area contributed by atoms with Gasteiger partial charge < -0.3 is 28.4 Å². The summed E-state index contributed by atoms with van der Waals surface area (Å²) in [6.07, 6.45) is 0.696. The van der Waals surface area contributed by atoms with Gasteiger partial charge in [0.15, 0.2) is 5.79 Å². The fourth-order valence-electron chi connectivity index (χ4n) is 1.53. The Bertz CT molecular complexity index is 256. The van der Waals surface area contributed by atoms with Crippen LogP contribution in [0.25, 0.3) is 0 Å². The third-order valence-corrected chi connectivity index (χ3v) is 3.02. The van der Waals surface area contributed by atoms with Crippen molar-refractivity contribution in [2.45, 2.75) is 31.0 Å². The summed E-state index contributed by atoms with van der Waals surface area (Å²) in [4.78, 5) is 0. The molecule has 0 amide bonds. The smallest absolute Gasteiger partial charge is 0.189 e. The summed E-state index contributed by atoms with van der Waals surface area (Å²) < 4.78 is 32.5. The largest absolute Gasteiger partial charge is 0.373 e. The summed E-state index contributed by atoms with van der Waals surface area (Å²) in [5, 5.41) is 0. The van der Waals surface area contributed by atoms with E-state index in [0.717, 1.165) is 19.8 Å². The van der Waals surface area contributed by atoms with Crippen LogP contribution in [0.15, 0.2) is 0 Å². The van der Waals surface area contributed by atoms with Gasteiger partial charge in [-0.05, 0) is 6.92 Å². The maximum absolute atomic E-state index is 5.77. The van der Waals surface area contributed by atoms with E-state index in [0.29, 0.717) is 26.4 Å². The lowest BCUT2D eigenvalue weighted by atomic mass is 10.3. The highest BCUT2D eigenvalue weighted by atomic mass is 16.7. The predicted octanol–water partition coefficient (Wildman–Crippen LogP) is -0.0512. The Morgan fingerprint density at radius 2 is 1.33 bits per heavy atom. The van der Waals surface area contributed by atoms with Crippen molar-refractivity contribution in [3.8, 4) is 0 Å². The highest BCUT2D eigenvalue weighted by Crippen LogP contribution is 2.21. The molecule has 0 aromatic heterocycles. The Balaban J connectivity index is 1.39. The van der Waals surface area contributed by atoms with Gasteiger partial charge in [0.2, 0.25) is 0 Å². The van der Waals surface area contributed by atoms with Gasteiger partial charge >= 0.3 is 0 Å². The van der Waals surface area contributed by atoms with Crippen LogP contribution < -0.4 is 0 Å². The molecular weight excluding hydrogens is 240 g/mol. The van der Waals surface area contributed by atoms with Gasteiger partial charge in [0.25, 0.3) is 0 Å². The number of ether oxygens (including phenoxy) is 6. The van der Waals surface area contributed by atoms with Crippen LogP contribution in [-0.4, -0.2) is 70.3 Å². The van der Waals surface area contributed by atoms with E-state index < -0.39 is 5.79 Å². The molecule has 3 rings (SSSR count). The molecule has 6 nitrogen and oxygen atoms in total. The van der Waals surface area contributed by atoms with Crippen molar-refractivity contribution in [2.75, 3.05) is 46.2 Å². The van der Waals surface area contributed by atoms with E-state index in [4.69, 9.17) is 28.4 Å². The number of epoxide rings is 3. The van der Waals surface area contributed by atoms with Crippen molar-refractivity contribution in [1.82, 2.24) is 0 Å². The highest BCUT2D eigenvalue weighted by Gasteiger charge is 2.35. The second-order valence-electron chi connectivity index (χ2n) is 5.14. The third-order valence-electron chi connectivity index (χ3n) is 3.02. The van der Waals surface area contributed by atoms with E-state index in [1.165, 1.54) is 0 Å². The molecular formula is C12H20O6. The Kier molecular flexibility index (Phi) is 3.83. The van der Waals surface area contributed by atoms with Crippen LogP contribution in [0.4, 0.5) is 0 Å². The highest BCUT2D eigenvalue weighted by molar-refractivity contribution is 4.75. The topological polar surface area (TPSA) is 65.3 Å². The molecule has 3 fully saturated rings. The summed E-state index contributed by atoms with van der Waals surface area (Å²) in [5.74, 6) is -0.729. The molecule has 18 heavy (non-hydrogen) atoms. The Morgan fingerprint density at radius 1 is 0.889 bits per heavy atom. The second-order valence-corrected chi connectivity index (χ2v) is 5.14. The van der Waals surface area contributed by atoms with Crippen molar-refractivity contribution >= 4 is 0 Å². The van der Waals surface area contributed by atoms with Crippen LogP contribution >= 0.6 is 0 Å². The monoisotopic (exact) mass is 260 g/mol.